The Bertz CT molecular complexity index is 475. The molecule has 0 saturated carbocycles. The van der Waals surface area contributed by atoms with Crippen molar-refractivity contribution >= 4 is 11.3 Å². The molecule has 0 radical (unpaired) electrons. The van der Waals surface area contributed by atoms with Gasteiger partial charge < -0.3 is 9.88 Å². The molecule has 0 aliphatic carbocycles. The zero-order valence-electron chi connectivity index (χ0n) is 9.72. The second-order valence-corrected chi connectivity index (χ2v) is 5.33. The number of fused-ring (bicyclic) bond motifs is 1. The van der Waals surface area contributed by atoms with Crippen LogP contribution in [0.4, 0.5) is 0 Å². The van der Waals surface area contributed by atoms with Gasteiger partial charge in [-0.3, -0.25) is 0 Å². The minimum Gasteiger partial charge on any atom is -0.313 e. The maximum Gasteiger partial charge on any atom is 0.147 e. The Morgan fingerprint density at radius 2 is 2.35 bits per heavy atom. The Morgan fingerprint density at radius 1 is 1.35 bits per heavy atom. The van der Waals surface area contributed by atoms with Gasteiger partial charge in [-0.15, -0.1) is 21.5 Å². The first-order valence-electron chi connectivity index (χ1n) is 6.07. The first kappa shape index (κ1) is 10.9. The Morgan fingerprint density at radius 3 is 3.24 bits per heavy atom. The molecule has 0 unspecified atom stereocenters. The van der Waals surface area contributed by atoms with E-state index in [1.54, 1.807) is 0 Å². The third kappa shape index (κ3) is 2.40. The van der Waals surface area contributed by atoms with Gasteiger partial charge in [0, 0.05) is 24.4 Å². The summed E-state index contributed by atoms with van der Waals surface area (Å²) in [6.07, 6.45) is 3.34. The summed E-state index contributed by atoms with van der Waals surface area (Å²) < 4.78 is 2.27. The molecule has 0 spiro atoms. The Kier molecular flexibility index (Phi) is 3.20. The van der Waals surface area contributed by atoms with Crippen molar-refractivity contribution in [1.29, 1.82) is 0 Å². The van der Waals surface area contributed by atoms with Crippen molar-refractivity contribution in [3.63, 3.8) is 0 Å². The van der Waals surface area contributed by atoms with Crippen LogP contribution in [0.15, 0.2) is 17.5 Å². The molecule has 5 heteroatoms. The fourth-order valence-corrected chi connectivity index (χ4v) is 2.96. The molecule has 0 atom stereocenters. The van der Waals surface area contributed by atoms with Gasteiger partial charge in [-0.2, -0.15) is 0 Å². The molecule has 0 fully saturated rings. The third-order valence-electron chi connectivity index (χ3n) is 3.10. The van der Waals surface area contributed by atoms with Crippen molar-refractivity contribution < 1.29 is 0 Å². The standard InChI is InChI=1S/C12H16N4S/c1(3-10-4-2-8-17-10)5-11-14-15-12-9-13-6-7-16(11)12/h2,4,8,13H,1,3,5-7,9H2. The molecule has 2 aromatic heterocycles. The summed E-state index contributed by atoms with van der Waals surface area (Å²) in [6.45, 7) is 2.90. The van der Waals surface area contributed by atoms with Crippen LogP contribution in [0.25, 0.3) is 0 Å². The van der Waals surface area contributed by atoms with Gasteiger partial charge in [0.05, 0.1) is 6.54 Å². The van der Waals surface area contributed by atoms with Gasteiger partial charge in [0.2, 0.25) is 0 Å². The molecule has 0 amide bonds. The minimum atomic E-state index is 0.859. The van der Waals surface area contributed by atoms with Crippen LogP contribution in [0.2, 0.25) is 0 Å². The van der Waals surface area contributed by atoms with E-state index in [2.05, 4.69) is 37.6 Å². The minimum absolute atomic E-state index is 0.859. The van der Waals surface area contributed by atoms with Crippen LogP contribution in [-0.4, -0.2) is 21.3 Å². The highest BCUT2D eigenvalue weighted by atomic mass is 32.1. The van der Waals surface area contributed by atoms with Crippen molar-refractivity contribution in [3.8, 4) is 0 Å². The fraction of sp³-hybridized carbons (Fsp3) is 0.500. The molecule has 3 rings (SSSR count). The lowest BCUT2D eigenvalue weighted by Crippen LogP contribution is -2.29. The van der Waals surface area contributed by atoms with Gasteiger partial charge in [-0.1, -0.05) is 6.07 Å². The summed E-state index contributed by atoms with van der Waals surface area (Å²) >= 11 is 1.84. The van der Waals surface area contributed by atoms with E-state index in [1.807, 2.05) is 11.3 Å². The molecule has 0 saturated heterocycles. The van der Waals surface area contributed by atoms with Gasteiger partial charge in [0.15, 0.2) is 0 Å². The second kappa shape index (κ2) is 4.98. The molecule has 1 aliphatic heterocycles. The number of thiophene rings is 1. The summed E-state index contributed by atoms with van der Waals surface area (Å²) in [5.74, 6) is 2.24. The zero-order valence-corrected chi connectivity index (χ0v) is 10.5. The third-order valence-corrected chi connectivity index (χ3v) is 4.04. The number of aryl methyl sites for hydroxylation is 2. The first-order chi connectivity index (χ1) is 8.43. The summed E-state index contributed by atoms with van der Waals surface area (Å²) in [4.78, 5) is 1.46. The van der Waals surface area contributed by atoms with Gasteiger partial charge in [0.1, 0.15) is 11.6 Å². The van der Waals surface area contributed by atoms with Gasteiger partial charge in [-0.05, 0) is 24.3 Å². The Balaban J connectivity index is 1.60. The van der Waals surface area contributed by atoms with Crippen LogP contribution in [0, 0.1) is 0 Å². The lowest BCUT2D eigenvalue weighted by atomic mass is 10.2. The Hall–Kier alpha value is -1.20. The summed E-state index contributed by atoms with van der Waals surface area (Å²) in [7, 11) is 0. The first-order valence-corrected chi connectivity index (χ1v) is 6.95. The van der Waals surface area contributed by atoms with E-state index in [4.69, 9.17) is 0 Å². The lowest BCUT2D eigenvalue weighted by Gasteiger charge is -2.15. The maximum atomic E-state index is 4.29. The predicted octanol–water partition coefficient (Wildman–Crippen LogP) is 1.62. The van der Waals surface area contributed by atoms with Gasteiger partial charge in [0.25, 0.3) is 0 Å². The molecule has 1 aliphatic rings. The van der Waals surface area contributed by atoms with E-state index in [-0.39, 0.29) is 0 Å². The van der Waals surface area contributed by atoms with E-state index in [1.165, 1.54) is 4.88 Å². The van der Waals surface area contributed by atoms with E-state index in [9.17, 15) is 0 Å². The van der Waals surface area contributed by atoms with Crippen molar-refractivity contribution in [2.45, 2.75) is 32.4 Å². The molecular weight excluding hydrogens is 232 g/mol. The molecule has 17 heavy (non-hydrogen) atoms. The molecule has 90 valence electrons. The number of nitrogens with zero attached hydrogens (tertiary/aromatic N) is 3. The number of rotatable bonds is 4. The fourth-order valence-electron chi connectivity index (χ4n) is 2.21. The molecule has 0 aromatic carbocycles. The predicted molar refractivity (Wildman–Crippen MR) is 68.1 cm³/mol. The molecule has 4 nitrogen and oxygen atoms in total. The van der Waals surface area contributed by atoms with E-state index >= 15 is 0 Å². The average Bonchev–Trinajstić information content (AvgIpc) is 2.99. The largest absolute Gasteiger partial charge is 0.313 e. The van der Waals surface area contributed by atoms with Crippen LogP contribution >= 0.6 is 11.3 Å². The van der Waals surface area contributed by atoms with Crippen molar-refractivity contribution in [2.75, 3.05) is 6.54 Å². The number of aromatic nitrogens is 3. The highest BCUT2D eigenvalue weighted by molar-refractivity contribution is 7.09. The van der Waals surface area contributed by atoms with Crippen LogP contribution < -0.4 is 5.32 Å². The molecular formula is C12H16N4S. The quantitative estimate of drug-likeness (QED) is 0.894. The number of hydrogen-bond donors (Lipinski definition) is 1. The van der Waals surface area contributed by atoms with E-state index < -0.39 is 0 Å². The van der Waals surface area contributed by atoms with Crippen LogP contribution in [-0.2, 0) is 25.9 Å². The number of nitrogens with one attached hydrogen (secondary N) is 1. The molecule has 1 N–H and O–H groups in total. The Labute approximate surface area is 105 Å². The zero-order chi connectivity index (χ0) is 11.5. The van der Waals surface area contributed by atoms with Crippen molar-refractivity contribution in [3.05, 3.63) is 34.0 Å². The lowest BCUT2D eigenvalue weighted by molar-refractivity contribution is 0.491. The topological polar surface area (TPSA) is 42.7 Å². The highest BCUT2D eigenvalue weighted by Gasteiger charge is 2.14. The summed E-state index contributed by atoms with van der Waals surface area (Å²) in [5.41, 5.74) is 0. The van der Waals surface area contributed by atoms with Crippen molar-refractivity contribution in [2.24, 2.45) is 0 Å². The summed E-state index contributed by atoms with van der Waals surface area (Å²) in [5, 5.41) is 14.0. The SMILES string of the molecule is c1csc(CCCc2nnc3n2CCNC3)c1. The summed E-state index contributed by atoms with van der Waals surface area (Å²) in [6, 6.07) is 4.32. The molecule has 3 heterocycles. The molecule has 2 aromatic rings. The highest BCUT2D eigenvalue weighted by Crippen LogP contribution is 2.13. The smallest absolute Gasteiger partial charge is 0.147 e. The van der Waals surface area contributed by atoms with Crippen LogP contribution in [0.5, 0.6) is 0 Å². The van der Waals surface area contributed by atoms with Crippen LogP contribution in [0.3, 0.4) is 0 Å². The van der Waals surface area contributed by atoms with E-state index in [0.29, 0.717) is 0 Å². The monoisotopic (exact) mass is 248 g/mol. The second-order valence-electron chi connectivity index (χ2n) is 4.29. The number of hydrogen-bond acceptors (Lipinski definition) is 4. The van der Waals surface area contributed by atoms with E-state index in [0.717, 1.165) is 50.5 Å². The molecule has 0 bridgehead atoms. The van der Waals surface area contributed by atoms with Gasteiger partial charge >= 0.3 is 0 Å². The van der Waals surface area contributed by atoms with Crippen LogP contribution in [0.1, 0.15) is 22.9 Å². The van der Waals surface area contributed by atoms with Gasteiger partial charge in [-0.25, -0.2) is 0 Å². The average molecular weight is 248 g/mol. The maximum absolute atomic E-state index is 4.29. The van der Waals surface area contributed by atoms with Crippen molar-refractivity contribution in [1.82, 2.24) is 20.1 Å². The normalized spacial score (nSPS) is 14.8.